The minimum atomic E-state index is -5.86. The number of terminal acetylenes is 2. The van der Waals surface area contributed by atoms with Crippen molar-refractivity contribution in [1.82, 2.24) is 0 Å². The van der Waals surface area contributed by atoms with Gasteiger partial charge in [-0.2, -0.15) is 26.3 Å². The molecule has 0 saturated carbocycles. The van der Waals surface area contributed by atoms with E-state index in [4.69, 9.17) is 22.3 Å². The molecule has 10 heteroatoms. The first-order chi connectivity index (χ1) is 19.3. The Morgan fingerprint density at radius 2 is 0.854 bits per heavy atom. The highest BCUT2D eigenvalue weighted by atomic mass is 19.4. The van der Waals surface area contributed by atoms with E-state index in [2.05, 4.69) is 11.8 Å². The molecule has 0 radical (unpaired) electrons. The molecule has 0 aromatic heterocycles. The Bertz CT molecular complexity index is 1510. The first kappa shape index (κ1) is 29.0. The van der Waals surface area contributed by atoms with Crippen LogP contribution in [0, 0.1) is 36.3 Å². The van der Waals surface area contributed by atoms with Crippen molar-refractivity contribution in [3.05, 3.63) is 119 Å². The summed E-state index contributed by atoms with van der Waals surface area (Å²) in [5.74, 6) is 1.55. The summed E-state index contributed by atoms with van der Waals surface area (Å²) in [4.78, 5) is 0. The van der Waals surface area contributed by atoms with Crippen molar-refractivity contribution in [3.8, 4) is 47.7 Å². The van der Waals surface area contributed by atoms with Crippen molar-refractivity contribution in [2.24, 2.45) is 0 Å². The third-order valence-corrected chi connectivity index (χ3v) is 6.08. The number of alkyl halides is 6. The average Bonchev–Trinajstić information content (AvgIpc) is 2.91. The zero-order valence-corrected chi connectivity index (χ0v) is 20.6. The zero-order chi connectivity index (χ0) is 30.0. The molecule has 0 saturated heterocycles. The molecule has 0 atom stereocenters. The summed E-state index contributed by atoms with van der Waals surface area (Å²) >= 11 is 0. The van der Waals surface area contributed by atoms with Gasteiger partial charge in [0.1, 0.15) is 11.5 Å². The Morgan fingerprint density at radius 3 is 1.12 bits per heavy atom. The fourth-order valence-electron chi connectivity index (χ4n) is 4.13. The summed E-state index contributed by atoms with van der Waals surface area (Å²) in [6.07, 6.45) is -1.34. The van der Waals surface area contributed by atoms with Crippen molar-refractivity contribution in [2.45, 2.75) is 17.8 Å². The lowest BCUT2D eigenvalue weighted by atomic mass is 9.73. The molecule has 4 aromatic rings. The van der Waals surface area contributed by atoms with Gasteiger partial charge in [-0.1, -0.05) is 36.1 Å². The molecule has 4 aromatic carbocycles. The second-order valence-corrected chi connectivity index (χ2v) is 8.58. The fourth-order valence-corrected chi connectivity index (χ4v) is 4.13. The van der Waals surface area contributed by atoms with Gasteiger partial charge in [0.15, 0.2) is 23.1 Å². The molecule has 0 N–H and O–H groups in total. The monoisotopic (exact) mass is 572 g/mol. The fraction of sp³-hybridized carbons (Fsp3) is 0.0968. The standard InChI is InChI=1S/C31H16F8O2/c1-3-19-5-15-27(25(32)17-19)40-23-11-7-21(8-12-23)29(30(34,35)36,31(37,38)39)22-9-13-24(14-10-22)41-28-16-6-20(4-2)18-26(28)33/h1-2,5-18H. The maximum absolute atomic E-state index is 14.5. The molecule has 2 nitrogen and oxygen atoms in total. The van der Waals surface area contributed by atoms with Gasteiger partial charge in [-0.3, -0.25) is 0 Å². The lowest BCUT2D eigenvalue weighted by Crippen LogP contribution is -2.54. The predicted molar refractivity (Wildman–Crippen MR) is 135 cm³/mol. The number of halogens is 8. The highest BCUT2D eigenvalue weighted by molar-refractivity contribution is 5.49. The highest BCUT2D eigenvalue weighted by Crippen LogP contribution is 2.56. The van der Waals surface area contributed by atoms with Crippen LogP contribution in [0.4, 0.5) is 35.1 Å². The van der Waals surface area contributed by atoms with Gasteiger partial charge in [-0.15, -0.1) is 12.8 Å². The summed E-state index contributed by atoms with van der Waals surface area (Å²) in [6, 6.07) is 12.8. The van der Waals surface area contributed by atoms with Crippen molar-refractivity contribution < 1.29 is 44.6 Å². The number of benzene rings is 4. The van der Waals surface area contributed by atoms with Gasteiger partial charge in [-0.05, 0) is 71.8 Å². The quantitative estimate of drug-likeness (QED) is 0.170. The molecule has 0 aliphatic rings. The van der Waals surface area contributed by atoms with E-state index in [1.807, 2.05) is 0 Å². The first-order valence-electron chi connectivity index (χ1n) is 11.5. The summed E-state index contributed by atoms with van der Waals surface area (Å²) in [7, 11) is 0. The number of hydrogen-bond donors (Lipinski definition) is 0. The van der Waals surface area contributed by atoms with Crippen LogP contribution in [0.2, 0.25) is 0 Å². The van der Waals surface area contributed by atoms with Crippen molar-refractivity contribution in [1.29, 1.82) is 0 Å². The molecule has 208 valence electrons. The Balaban J connectivity index is 1.72. The minimum Gasteiger partial charge on any atom is -0.454 e. The van der Waals surface area contributed by atoms with Crippen LogP contribution in [0.5, 0.6) is 23.0 Å². The third kappa shape index (κ3) is 5.55. The molecule has 0 aliphatic carbocycles. The predicted octanol–water partition coefficient (Wildman–Crippen LogP) is 8.92. The molecule has 0 unspecified atom stereocenters. The Hall–Kier alpha value is -4.96. The van der Waals surface area contributed by atoms with Crippen LogP contribution in [0.25, 0.3) is 0 Å². The second kappa shape index (κ2) is 10.9. The lowest BCUT2D eigenvalue weighted by molar-refractivity contribution is -0.288. The van der Waals surface area contributed by atoms with Crippen LogP contribution in [0.1, 0.15) is 22.3 Å². The van der Waals surface area contributed by atoms with Gasteiger partial charge in [0, 0.05) is 11.1 Å². The van der Waals surface area contributed by atoms with Crippen molar-refractivity contribution in [3.63, 3.8) is 0 Å². The summed E-state index contributed by atoms with van der Waals surface area (Å²) in [5.41, 5.74) is -6.39. The van der Waals surface area contributed by atoms with E-state index in [9.17, 15) is 35.1 Å². The summed E-state index contributed by atoms with van der Waals surface area (Å²) in [6.45, 7) is 0. The van der Waals surface area contributed by atoms with Crippen LogP contribution in [-0.2, 0) is 5.41 Å². The van der Waals surface area contributed by atoms with Crippen LogP contribution in [0.15, 0.2) is 84.9 Å². The first-order valence-corrected chi connectivity index (χ1v) is 11.5. The second-order valence-electron chi connectivity index (χ2n) is 8.58. The van der Waals surface area contributed by atoms with Crippen LogP contribution >= 0.6 is 0 Å². The van der Waals surface area contributed by atoms with E-state index in [1.54, 1.807) is 0 Å². The maximum Gasteiger partial charge on any atom is 0.411 e. The van der Waals surface area contributed by atoms with Gasteiger partial charge < -0.3 is 9.47 Å². The Kier molecular flexibility index (Phi) is 7.72. The van der Waals surface area contributed by atoms with Crippen molar-refractivity contribution >= 4 is 0 Å². The van der Waals surface area contributed by atoms with Gasteiger partial charge in [0.25, 0.3) is 0 Å². The largest absolute Gasteiger partial charge is 0.454 e. The Morgan fingerprint density at radius 1 is 0.512 bits per heavy atom. The van der Waals surface area contributed by atoms with E-state index >= 15 is 0 Å². The van der Waals surface area contributed by atoms with E-state index in [1.165, 1.54) is 24.3 Å². The topological polar surface area (TPSA) is 18.5 Å². The highest BCUT2D eigenvalue weighted by Gasteiger charge is 2.72. The number of rotatable bonds is 6. The van der Waals surface area contributed by atoms with Gasteiger partial charge in [0.2, 0.25) is 5.41 Å². The van der Waals surface area contributed by atoms with E-state index in [0.717, 1.165) is 36.4 Å². The summed E-state index contributed by atoms with van der Waals surface area (Å²) < 4.78 is 126. The van der Waals surface area contributed by atoms with Gasteiger partial charge >= 0.3 is 12.4 Å². The molecule has 0 spiro atoms. The zero-order valence-electron chi connectivity index (χ0n) is 20.6. The third-order valence-electron chi connectivity index (χ3n) is 6.08. The molecule has 0 amide bonds. The van der Waals surface area contributed by atoms with E-state index < -0.39 is 40.5 Å². The van der Waals surface area contributed by atoms with E-state index in [-0.39, 0.29) is 34.1 Å². The lowest BCUT2D eigenvalue weighted by Gasteiger charge is -2.38. The molecule has 41 heavy (non-hydrogen) atoms. The maximum atomic E-state index is 14.5. The molecule has 4 rings (SSSR count). The average molecular weight is 572 g/mol. The molecular weight excluding hydrogens is 556 g/mol. The smallest absolute Gasteiger partial charge is 0.411 e. The molecule has 0 bridgehead atoms. The van der Waals surface area contributed by atoms with Gasteiger partial charge in [0.05, 0.1) is 0 Å². The summed E-state index contributed by atoms with van der Waals surface area (Å²) in [5, 5.41) is 0. The van der Waals surface area contributed by atoms with Crippen molar-refractivity contribution in [2.75, 3.05) is 0 Å². The Labute approximate surface area is 229 Å². The molecule has 0 aliphatic heterocycles. The number of ether oxygens (including phenoxy) is 2. The number of hydrogen-bond acceptors (Lipinski definition) is 2. The molecule has 0 fully saturated rings. The molecular formula is C31H16F8O2. The van der Waals surface area contributed by atoms with E-state index in [0.29, 0.717) is 24.3 Å². The van der Waals surface area contributed by atoms with Crippen LogP contribution in [0.3, 0.4) is 0 Å². The minimum absolute atomic E-state index is 0.202. The van der Waals surface area contributed by atoms with Gasteiger partial charge in [-0.25, -0.2) is 8.78 Å². The SMILES string of the molecule is C#Cc1ccc(Oc2ccc(C(c3ccc(Oc4ccc(C#C)cc4F)cc3)(C(F)(F)F)C(F)(F)F)cc2)c(F)c1. The van der Waals surface area contributed by atoms with Crippen LogP contribution in [-0.4, -0.2) is 12.4 Å². The normalized spacial score (nSPS) is 11.9. The molecule has 0 heterocycles. The van der Waals surface area contributed by atoms with Crippen LogP contribution < -0.4 is 9.47 Å².